The van der Waals surface area contributed by atoms with Crippen molar-refractivity contribution in [1.29, 1.82) is 0 Å². The number of benzene rings is 1. The van der Waals surface area contributed by atoms with Crippen LogP contribution in [0, 0.1) is 0 Å². The molecule has 2 aromatic rings. The second-order valence-electron chi connectivity index (χ2n) is 6.15. The number of hydrogen-bond acceptors (Lipinski definition) is 2. The minimum Gasteiger partial charge on any atom is -0.336 e. The smallest absolute Gasteiger partial charge is 0.257 e. The summed E-state index contributed by atoms with van der Waals surface area (Å²) in [5.74, 6) is 0.0423. The first kappa shape index (κ1) is 17.3. The van der Waals surface area contributed by atoms with Crippen molar-refractivity contribution in [2.75, 3.05) is 6.54 Å². The van der Waals surface area contributed by atoms with Gasteiger partial charge in [-0.1, -0.05) is 42.5 Å². The maximum Gasteiger partial charge on any atom is 0.257 e. The highest BCUT2D eigenvalue weighted by Gasteiger charge is 2.25. The fraction of sp³-hybridized carbons (Fsp3) is 0.444. The zero-order valence-electron chi connectivity index (χ0n) is 13.7. The first-order valence-electron chi connectivity index (χ1n) is 8.41. The third-order valence-electron chi connectivity index (χ3n) is 4.60. The SMILES string of the molecule is CCN(C(=O)c1cnn(-c2ccc(Cl)cc2Cl)c1)C1CCCCC1. The number of carbonyl (C=O) groups excluding carboxylic acids is 1. The van der Waals surface area contributed by atoms with Gasteiger partial charge in [0, 0.05) is 23.8 Å². The van der Waals surface area contributed by atoms with Crippen LogP contribution in [0.15, 0.2) is 30.6 Å². The fourth-order valence-electron chi connectivity index (χ4n) is 3.36. The molecule has 128 valence electrons. The van der Waals surface area contributed by atoms with Crippen LogP contribution in [0.4, 0.5) is 0 Å². The lowest BCUT2D eigenvalue weighted by atomic mass is 9.94. The molecule has 0 bridgehead atoms. The number of aromatic nitrogens is 2. The van der Waals surface area contributed by atoms with Crippen molar-refractivity contribution in [1.82, 2.24) is 14.7 Å². The summed E-state index contributed by atoms with van der Waals surface area (Å²) in [6, 6.07) is 5.57. The van der Waals surface area contributed by atoms with Gasteiger partial charge in [-0.05, 0) is 38.0 Å². The van der Waals surface area contributed by atoms with Gasteiger partial charge >= 0.3 is 0 Å². The van der Waals surface area contributed by atoms with Crippen molar-refractivity contribution in [3.05, 3.63) is 46.2 Å². The number of carbonyl (C=O) groups is 1. The van der Waals surface area contributed by atoms with E-state index in [0.717, 1.165) is 19.4 Å². The van der Waals surface area contributed by atoms with Gasteiger partial charge in [0.2, 0.25) is 0 Å². The van der Waals surface area contributed by atoms with E-state index < -0.39 is 0 Å². The van der Waals surface area contributed by atoms with Crippen LogP contribution in [0.5, 0.6) is 0 Å². The average molecular weight is 366 g/mol. The highest BCUT2D eigenvalue weighted by Crippen LogP contribution is 2.26. The van der Waals surface area contributed by atoms with Crippen LogP contribution in [-0.2, 0) is 0 Å². The highest BCUT2D eigenvalue weighted by molar-refractivity contribution is 6.35. The topological polar surface area (TPSA) is 38.1 Å². The monoisotopic (exact) mass is 365 g/mol. The quantitative estimate of drug-likeness (QED) is 0.766. The van der Waals surface area contributed by atoms with E-state index >= 15 is 0 Å². The summed E-state index contributed by atoms with van der Waals surface area (Å²) < 4.78 is 1.63. The normalized spacial score (nSPS) is 15.5. The Kier molecular flexibility index (Phi) is 5.47. The molecule has 0 saturated heterocycles. The minimum atomic E-state index is 0.0423. The maximum absolute atomic E-state index is 12.9. The van der Waals surface area contributed by atoms with Gasteiger partial charge in [-0.25, -0.2) is 4.68 Å². The number of hydrogen-bond donors (Lipinski definition) is 0. The Morgan fingerprint density at radius 2 is 2.04 bits per heavy atom. The van der Waals surface area contributed by atoms with Gasteiger partial charge in [0.25, 0.3) is 5.91 Å². The minimum absolute atomic E-state index is 0.0423. The molecular weight excluding hydrogens is 345 g/mol. The van der Waals surface area contributed by atoms with Crippen LogP contribution in [0.3, 0.4) is 0 Å². The van der Waals surface area contributed by atoms with Crippen LogP contribution in [0.1, 0.15) is 49.4 Å². The lowest BCUT2D eigenvalue weighted by Gasteiger charge is -2.33. The molecule has 0 aliphatic heterocycles. The van der Waals surface area contributed by atoms with E-state index in [2.05, 4.69) is 5.10 Å². The number of nitrogens with zero attached hydrogens (tertiary/aromatic N) is 3. The van der Waals surface area contributed by atoms with E-state index in [1.165, 1.54) is 19.3 Å². The van der Waals surface area contributed by atoms with E-state index in [4.69, 9.17) is 23.2 Å². The van der Waals surface area contributed by atoms with Crippen molar-refractivity contribution >= 4 is 29.1 Å². The van der Waals surface area contributed by atoms with E-state index in [-0.39, 0.29) is 5.91 Å². The molecule has 1 amide bonds. The molecule has 0 atom stereocenters. The summed E-state index contributed by atoms with van der Waals surface area (Å²) in [6.45, 7) is 2.75. The lowest BCUT2D eigenvalue weighted by molar-refractivity contribution is 0.0648. The van der Waals surface area contributed by atoms with Crippen molar-refractivity contribution in [3.8, 4) is 5.69 Å². The summed E-state index contributed by atoms with van der Waals surface area (Å²) in [4.78, 5) is 14.9. The summed E-state index contributed by atoms with van der Waals surface area (Å²) in [6.07, 6.45) is 9.21. The molecule has 1 aliphatic rings. The third-order valence-corrected chi connectivity index (χ3v) is 5.14. The van der Waals surface area contributed by atoms with E-state index in [0.29, 0.717) is 27.3 Å². The van der Waals surface area contributed by atoms with Crippen LogP contribution in [0.2, 0.25) is 10.0 Å². The predicted molar refractivity (Wildman–Crippen MR) is 97.2 cm³/mol. The Labute approximate surface area is 152 Å². The number of rotatable bonds is 4. The molecule has 4 nitrogen and oxygen atoms in total. The van der Waals surface area contributed by atoms with Crippen LogP contribution < -0.4 is 0 Å². The molecule has 1 fully saturated rings. The molecule has 1 saturated carbocycles. The molecule has 0 spiro atoms. The average Bonchev–Trinajstić information content (AvgIpc) is 3.06. The molecule has 6 heteroatoms. The van der Waals surface area contributed by atoms with Crippen LogP contribution in [-0.4, -0.2) is 33.2 Å². The molecule has 1 aromatic carbocycles. The molecule has 1 aromatic heterocycles. The van der Waals surface area contributed by atoms with Gasteiger partial charge in [0.05, 0.1) is 22.5 Å². The summed E-state index contributed by atoms with van der Waals surface area (Å²) in [5.41, 5.74) is 1.30. The van der Waals surface area contributed by atoms with Crippen molar-refractivity contribution in [3.63, 3.8) is 0 Å². The molecule has 0 radical (unpaired) electrons. The Balaban J connectivity index is 1.82. The number of amides is 1. The zero-order chi connectivity index (χ0) is 17.1. The van der Waals surface area contributed by atoms with E-state index in [1.807, 2.05) is 11.8 Å². The molecule has 0 unspecified atom stereocenters. The summed E-state index contributed by atoms with van der Waals surface area (Å²) >= 11 is 12.2. The number of halogens is 2. The molecule has 1 heterocycles. The van der Waals surface area contributed by atoms with Crippen molar-refractivity contribution < 1.29 is 4.79 Å². The van der Waals surface area contributed by atoms with Gasteiger partial charge in [-0.2, -0.15) is 5.10 Å². The highest BCUT2D eigenvalue weighted by atomic mass is 35.5. The maximum atomic E-state index is 12.9. The molecular formula is C18H21Cl2N3O. The van der Waals surface area contributed by atoms with Gasteiger partial charge in [-0.15, -0.1) is 0 Å². The molecule has 3 rings (SSSR count). The largest absolute Gasteiger partial charge is 0.336 e. The van der Waals surface area contributed by atoms with Crippen LogP contribution >= 0.6 is 23.2 Å². The second kappa shape index (κ2) is 7.58. The van der Waals surface area contributed by atoms with Gasteiger partial charge in [-0.3, -0.25) is 4.79 Å². The Hall–Kier alpha value is -1.52. The summed E-state index contributed by atoms with van der Waals surface area (Å²) in [7, 11) is 0. The third kappa shape index (κ3) is 3.60. The Bertz CT molecular complexity index is 723. The van der Waals surface area contributed by atoms with Crippen LogP contribution in [0.25, 0.3) is 5.69 Å². The van der Waals surface area contributed by atoms with Gasteiger partial charge < -0.3 is 4.90 Å². The molecule has 24 heavy (non-hydrogen) atoms. The summed E-state index contributed by atoms with van der Waals surface area (Å²) in [5, 5.41) is 5.38. The second-order valence-corrected chi connectivity index (χ2v) is 7.00. The standard InChI is InChI=1S/C18H21Cl2N3O/c1-2-22(15-6-4-3-5-7-15)18(24)13-11-21-23(12-13)17-9-8-14(19)10-16(17)20/h8-12,15H,2-7H2,1H3. The first-order valence-corrected chi connectivity index (χ1v) is 9.17. The zero-order valence-corrected chi connectivity index (χ0v) is 15.2. The lowest BCUT2D eigenvalue weighted by Crippen LogP contribution is -2.41. The fourth-order valence-corrected chi connectivity index (χ4v) is 3.85. The van der Waals surface area contributed by atoms with Crippen molar-refractivity contribution in [2.24, 2.45) is 0 Å². The van der Waals surface area contributed by atoms with Crippen molar-refractivity contribution in [2.45, 2.75) is 45.1 Å². The first-order chi connectivity index (χ1) is 11.6. The Morgan fingerprint density at radius 3 is 2.71 bits per heavy atom. The molecule has 0 N–H and O–H groups in total. The van der Waals surface area contributed by atoms with Gasteiger partial charge in [0.15, 0.2) is 0 Å². The van der Waals surface area contributed by atoms with E-state index in [9.17, 15) is 4.79 Å². The Morgan fingerprint density at radius 1 is 1.29 bits per heavy atom. The predicted octanol–water partition coefficient (Wildman–Crippen LogP) is 4.97. The van der Waals surface area contributed by atoms with Gasteiger partial charge in [0.1, 0.15) is 0 Å². The molecule has 1 aliphatic carbocycles. The van der Waals surface area contributed by atoms with E-state index in [1.54, 1.807) is 35.3 Å².